The zero-order valence-electron chi connectivity index (χ0n) is 19.0. The minimum Gasteiger partial charge on any atom is -0.359 e. The van der Waals surface area contributed by atoms with Crippen molar-refractivity contribution in [3.63, 3.8) is 0 Å². The summed E-state index contributed by atoms with van der Waals surface area (Å²) in [5.74, 6) is -0.0327. The Hall–Kier alpha value is -4.49. The molecule has 0 spiro atoms. The van der Waals surface area contributed by atoms with Gasteiger partial charge in [-0.2, -0.15) is 31.4 Å². The van der Waals surface area contributed by atoms with E-state index < -0.39 is 29.0 Å². The highest BCUT2D eigenvalue weighted by Crippen LogP contribution is 2.40. The van der Waals surface area contributed by atoms with Gasteiger partial charge in [0.15, 0.2) is 5.76 Å². The first-order valence-electron chi connectivity index (χ1n) is 10.9. The molecule has 5 rings (SSSR count). The second kappa shape index (κ2) is 9.43. The fourth-order valence-electron chi connectivity index (χ4n) is 3.70. The molecule has 7 nitrogen and oxygen atoms in total. The van der Waals surface area contributed by atoms with Crippen LogP contribution in [0.4, 0.5) is 36.7 Å². The molecule has 196 valence electrons. The van der Waals surface area contributed by atoms with Crippen LogP contribution in [0.3, 0.4) is 0 Å². The third kappa shape index (κ3) is 5.28. The summed E-state index contributed by atoms with van der Waals surface area (Å²) in [4.78, 5) is 8.57. The van der Waals surface area contributed by atoms with E-state index in [1.165, 1.54) is 29.2 Å². The molecular formula is C24H15F7N6O. The Morgan fingerprint density at radius 3 is 2.37 bits per heavy atom. The van der Waals surface area contributed by atoms with Crippen LogP contribution in [0.25, 0.3) is 22.6 Å². The molecule has 3 heterocycles. The summed E-state index contributed by atoms with van der Waals surface area (Å²) in [6, 6.07) is 8.72. The number of alkyl halides is 6. The van der Waals surface area contributed by atoms with Crippen molar-refractivity contribution in [2.24, 2.45) is 0 Å². The van der Waals surface area contributed by atoms with Gasteiger partial charge in [0.25, 0.3) is 0 Å². The molecule has 0 bridgehead atoms. The van der Waals surface area contributed by atoms with Crippen LogP contribution in [-0.2, 0) is 25.4 Å². The average Bonchev–Trinajstić information content (AvgIpc) is 3.48. The van der Waals surface area contributed by atoms with Gasteiger partial charge in [-0.25, -0.2) is 14.4 Å². The number of halogens is 7. The van der Waals surface area contributed by atoms with Crippen molar-refractivity contribution in [1.82, 2.24) is 24.9 Å². The summed E-state index contributed by atoms with van der Waals surface area (Å²) in [6.07, 6.45) is -7.07. The smallest absolute Gasteiger partial charge is 0.359 e. The Bertz CT molecular complexity index is 1560. The molecule has 14 heteroatoms. The molecule has 3 aromatic rings. The van der Waals surface area contributed by atoms with Gasteiger partial charge >= 0.3 is 12.4 Å². The van der Waals surface area contributed by atoms with Gasteiger partial charge in [-0.15, -0.1) is 0 Å². The van der Waals surface area contributed by atoms with Gasteiger partial charge in [-0.05, 0) is 18.2 Å². The first kappa shape index (κ1) is 25.2. The number of aromatic nitrogens is 5. The molecule has 0 amide bonds. The van der Waals surface area contributed by atoms with Crippen LogP contribution in [0.5, 0.6) is 0 Å². The van der Waals surface area contributed by atoms with E-state index in [1.807, 2.05) is 0 Å². The quantitative estimate of drug-likeness (QED) is 0.258. The summed E-state index contributed by atoms with van der Waals surface area (Å²) in [7, 11) is 0. The van der Waals surface area contributed by atoms with E-state index >= 15 is 0 Å². The zero-order valence-corrected chi connectivity index (χ0v) is 19.0. The van der Waals surface area contributed by atoms with Crippen LogP contribution in [0, 0.1) is 5.82 Å². The maximum atomic E-state index is 13.8. The number of nitrogens with one attached hydrogen (secondary N) is 1. The minimum absolute atomic E-state index is 0.0415. The summed E-state index contributed by atoms with van der Waals surface area (Å²) in [5, 5.41) is 10.7. The summed E-state index contributed by atoms with van der Waals surface area (Å²) in [5.41, 5.74) is -2.45. The number of anilines is 1. The van der Waals surface area contributed by atoms with Gasteiger partial charge < -0.3 is 9.84 Å². The minimum atomic E-state index is -5.05. The number of hydrogen-bond donors (Lipinski definition) is 1. The lowest BCUT2D eigenvalue weighted by Gasteiger charge is -2.14. The van der Waals surface area contributed by atoms with Crippen molar-refractivity contribution in [2.45, 2.75) is 25.4 Å². The van der Waals surface area contributed by atoms with Gasteiger partial charge in [-0.1, -0.05) is 29.4 Å². The number of nitrogens with zero attached hydrogens (tertiary/aromatic N) is 5. The number of benzene rings is 2. The van der Waals surface area contributed by atoms with Crippen LogP contribution >= 0.6 is 0 Å². The first-order chi connectivity index (χ1) is 18.0. The van der Waals surface area contributed by atoms with Crippen LogP contribution in [-0.4, -0.2) is 24.9 Å². The summed E-state index contributed by atoms with van der Waals surface area (Å²) in [6.45, 7) is 0.0942. The van der Waals surface area contributed by atoms with Gasteiger partial charge in [0.2, 0.25) is 5.95 Å². The van der Waals surface area contributed by atoms with E-state index in [1.54, 1.807) is 18.2 Å². The largest absolute Gasteiger partial charge is 0.417 e. The van der Waals surface area contributed by atoms with E-state index in [9.17, 15) is 30.7 Å². The molecule has 2 aliphatic rings. The predicted molar refractivity (Wildman–Crippen MR) is 119 cm³/mol. The highest BCUT2D eigenvalue weighted by atomic mass is 19.4. The van der Waals surface area contributed by atoms with E-state index in [0.29, 0.717) is 29.1 Å². The first-order valence-corrected chi connectivity index (χ1v) is 10.9. The number of fused-ring (bicyclic) bond motifs is 1. The molecule has 38 heavy (non-hydrogen) atoms. The molecule has 0 atom stereocenters. The normalized spacial score (nSPS) is 12.3. The number of hydrogen-bond acceptors (Lipinski definition) is 6. The molecular weight excluding hydrogens is 521 g/mol. The van der Waals surface area contributed by atoms with Crippen LogP contribution in [0.2, 0.25) is 0 Å². The fraction of sp³-hybridized carbons (Fsp3) is 0.167. The topological polar surface area (TPSA) is 81.7 Å². The lowest BCUT2D eigenvalue weighted by molar-refractivity contribution is -0.142. The van der Waals surface area contributed by atoms with Gasteiger partial charge in [0, 0.05) is 23.7 Å². The van der Waals surface area contributed by atoms with Crippen LogP contribution in [0.1, 0.15) is 22.5 Å². The lowest BCUT2D eigenvalue weighted by atomic mass is 10.0. The highest BCUT2D eigenvalue weighted by molar-refractivity contribution is 5.65. The number of imidazole rings is 1. The Balaban J connectivity index is 1.35. The third-order valence-electron chi connectivity index (χ3n) is 5.51. The van der Waals surface area contributed by atoms with E-state index in [2.05, 4.69) is 25.5 Å². The van der Waals surface area contributed by atoms with Crippen molar-refractivity contribution in [3.8, 4) is 22.6 Å². The van der Waals surface area contributed by atoms with Crippen molar-refractivity contribution >= 4 is 5.95 Å². The Kier molecular flexibility index (Phi) is 6.25. The maximum Gasteiger partial charge on any atom is 0.417 e. The van der Waals surface area contributed by atoms with E-state index in [-0.39, 0.29) is 42.4 Å². The Morgan fingerprint density at radius 1 is 0.868 bits per heavy atom. The molecule has 2 aromatic carbocycles. The SMILES string of the molecule is Fc1ccccc1CNc1nc2cnn(Cc3cc(-c4ccc(C(F)(F)F)cc4C(F)(F)F)no3)cc-2n1. The lowest BCUT2D eigenvalue weighted by Crippen LogP contribution is -2.12. The van der Waals surface area contributed by atoms with Crippen molar-refractivity contribution < 1.29 is 35.3 Å². The molecule has 0 unspecified atom stereocenters. The average molecular weight is 536 g/mol. The van der Waals surface area contributed by atoms with E-state index in [0.717, 1.165) is 0 Å². The van der Waals surface area contributed by atoms with Gasteiger partial charge in [0.05, 0.1) is 23.5 Å². The van der Waals surface area contributed by atoms with Crippen molar-refractivity contribution in [2.75, 3.05) is 5.32 Å². The fourth-order valence-corrected chi connectivity index (χ4v) is 3.70. The Labute approximate surface area is 209 Å². The van der Waals surface area contributed by atoms with Crippen molar-refractivity contribution in [1.29, 1.82) is 0 Å². The second-order valence-corrected chi connectivity index (χ2v) is 8.17. The molecule has 0 fully saturated rings. The predicted octanol–water partition coefficient (Wildman–Crippen LogP) is 6.27. The zero-order chi connectivity index (χ0) is 27.1. The molecule has 0 radical (unpaired) electrons. The Morgan fingerprint density at radius 2 is 1.63 bits per heavy atom. The maximum absolute atomic E-state index is 13.8. The standard InChI is InChI=1S/C24H15F7N6O/c25-18-4-2-1-3-13(18)9-32-22-34-20-10-33-37(12-21(20)35-22)11-15-8-19(36-38-15)16-6-5-14(23(26,27)28)7-17(16)24(29,30)31/h1-8,10,12H,9,11H2,(H,32,35). The summed E-state index contributed by atoms with van der Waals surface area (Å²) < 4.78 is 99.6. The molecule has 0 saturated carbocycles. The molecule has 1 aromatic heterocycles. The molecule has 0 aliphatic carbocycles. The molecule has 0 saturated heterocycles. The highest BCUT2D eigenvalue weighted by Gasteiger charge is 2.39. The molecule has 1 N–H and O–H groups in total. The van der Waals surface area contributed by atoms with Crippen molar-refractivity contribution in [3.05, 3.63) is 89.2 Å². The second-order valence-electron chi connectivity index (χ2n) is 8.17. The monoisotopic (exact) mass is 536 g/mol. The summed E-state index contributed by atoms with van der Waals surface area (Å²) >= 11 is 0. The van der Waals surface area contributed by atoms with E-state index in [4.69, 9.17) is 4.52 Å². The van der Waals surface area contributed by atoms with Crippen LogP contribution in [0.15, 0.2) is 65.4 Å². The van der Waals surface area contributed by atoms with Gasteiger partial charge in [-0.3, -0.25) is 4.68 Å². The third-order valence-corrected chi connectivity index (χ3v) is 5.51. The molecule has 2 aliphatic heterocycles. The van der Waals surface area contributed by atoms with Crippen LogP contribution < -0.4 is 5.32 Å². The number of rotatable bonds is 6. The van der Waals surface area contributed by atoms with Gasteiger partial charge in [0.1, 0.15) is 29.4 Å².